The molecule has 3 saturated carbocycles. The van der Waals surface area contributed by atoms with Gasteiger partial charge in [-0.3, -0.25) is 14.8 Å². The quantitative estimate of drug-likeness (QED) is 0.0288. The molecule has 3 heterocycles. The van der Waals surface area contributed by atoms with Gasteiger partial charge >= 0.3 is 24.1 Å². The minimum atomic E-state index is -2.39. The summed E-state index contributed by atoms with van der Waals surface area (Å²) in [6.07, 6.45) is 14.5. The molecule has 8 rings (SSSR count). The van der Waals surface area contributed by atoms with E-state index in [2.05, 4.69) is 27.1 Å². The maximum atomic E-state index is 14.0. The van der Waals surface area contributed by atoms with Crippen molar-refractivity contribution >= 4 is 35.7 Å². The highest BCUT2D eigenvalue weighted by atomic mass is 19.1. The number of hydrazone groups is 1. The molecule has 26 heteroatoms. The molecule has 500 valence electrons. The number of carboxylic acid groups (broad SMARTS) is 2. The summed E-state index contributed by atoms with van der Waals surface area (Å²) in [6, 6.07) is 10.4. The smallest absolute Gasteiger partial charge is 0.410 e. The van der Waals surface area contributed by atoms with Gasteiger partial charge in [0.05, 0.1) is 49.6 Å². The molecule has 3 aliphatic carbocycles. The first-order chi connectivity index (χ1) is 42.4. The first-order valence-electron chi connectivity index (χ1n) is 30.9. The Morgan fingerprint density at radius 3 is 1.50 bits per heavy atom. The van der Waals surface area contributed by atoms with E-state index in [1.807, 2.05) is 52.3 Å². The lowest BCUT2D eigenvalue weighted by molar-refractivity contribution is -0.249. The molecule has 1 unspecified atom stereocenters. The third-order valence-corrected chi connectivity index (χ3v) is 15.2. The number of carbonyl (C=O) groups is 5. The first-order valence-corrected chi connectivity index (χ1v) is 30.9. The average Bonchev–Trinajstić information content (AvgIpc) is 1.83. The van der Waals surface area contributed by atoms with E-state index in [4.69, 9.17) is 34.4 Å². The van der Waals surface area contributed by atoms with Gasteiger partial charge in [-0.05, 0) is 141 Å². The van der Waals surface area contributed by atoms with Crippen LogP contribution in [0.4, 0.5) is 27.2 Å². The topological polar surface area (TPSA) is 270 Å². The molecule has 1 aliphatic heterocycles. The third-order valence-electron chi connectivity index (χ3n) is 15.2. The molecule has 2 aromatic heterocycles. The first kappa shape index (κ1) is 73.4. The van der Waals surface area contributed by atoms with Crippen LogP contribution in [0.15, 0.2) is 53.6 Å². The number of aryl methyl sites for hydroxylation is 1. The van der Waals surface area contributed by atoms with Gasteiger partial charge in [-0.1, -0.05) is 51.9 Å². The van der Waals surface area contributed by atoms with E-state index in [0.717, 1.165) is 80.5 Å². The number of hydrogen-bond donors (Lipinski definition) is 4. The van der Waals surface area contributed by atoms with Crippen LogP contribution in [0.25, 0.3) is 0 Å². The van der Waals surface area contributed by atoms with Crippen LogP contribution in [-0.2, 0) is 68.0 Å². The number of halogens is 4. The van der Waals surface area contributed by atoms with Crippen molar-refractivity contribution in [3.05, 3.63) is 94.3 Å². The molecule has 1 atom stereocenters. The molecule has 0 bridgehead atoms. The molecule has 3 amide bonds. The summed E-state index contributed by atoms with van der Waals surface area (Å²) in [5.74, 6) is -2.17. The highest BCUT2D eigenvalue weighted by Gasteiger charge is 2.38. The van der Waals surface area contributed by atoms with Gasteiger partial charge in [-0.2, -0.15) is 15.3 Å². The molecule has 90 heavy (non-hydrogen) atoms. The molecule has 2 aromatic carbocycles. The fourth-order valence-corrected chi connectivity index (χ4v) is 10.6. The Morgan fingerprint density at radius 2 is 1.08 bits per heavy atom. The number of carboxylic acids is 2. The number of aliphatic hydroxyl groups is 1. The van der Waals surface area contributed by atoms with Crippen LogP contribution in [0.5, 0.6) is 11.8 Å². The molecule has 0 radical (unpaired) electrons. The van der Waals surface area contributed by atoms with E-state index in [1.54, 1.807) is 29.9 Å². The summed E-state index contributed by atoms with van der Waals surface area (Å²) in [4.78, 5) is 63.3. The van der Waals surface area contributed by atoms with Crippen molar-refractivity contribution in [1.82, 2.24) is 34.4 Å². The SMILES string of the molecule is CCCc1cc(OCc2cc(F)ccc2F)n(CC2CCCC2)n1.CN(CC1=NN(CC2CCCC2)C(=O)C1)C(=O)OC(C)(C)C.CN(Cc1cc(OCc2cc(F)ccc2F)n(CC2CCCC2)n1)C(=O)OC(C)(C)C.O=C(O)CC(O)(CCOO)C(=O)O. The second kappa shape index (κ2) is 34.8. The molecular weight excluding hydrogens is 1180 g/mol. The number of rotatable bonds is 24. The summed E-state index contributed by atoms with van der Waals surface area (Å²) in [5, 5.41) is 49.1. The van der Waals surface area contributed by atoms with E-state index < -0.39 is 83.6 Å². The monoisotopic (exact) mass is 1270 g/mol. The highest BCUT2D eigenvalue weighted by molar-refractivity contribution is 6.06. The van der Waals surface area contributed by atoms with Crippen LogP contribution in [-0.4, -0.2) is 141 Å². The van der Waals surface area contributed by atoms with Crippen LogP contribution in [0.1, 0.15) is 174 Å². The zero-order valence-corrected chi connectivity index (χ0v) is 53.5. The van der Waals surface area contributed by atoms with Crippen molar-refractivity contribution in [2.45, 2.75) is 207 Å². The van der Waals surface area contributed by atoms with E-state index >= 15 is 0 Å². The Hall–Kier alpha value is -7.32. The summed E-state index contributed by atoms with van der Waals surface area (Å²) < 4.78 is 80.5. The number of ether oxygens (including phenoxy) is 4. The zero-order chi connectivity index (χ0) is 66.3. The maximum absolute atomic E-state index is 14.0. The predicted molar refractivity (Wildman–Crippen MR) is 324 cm³/mol. The van der Waals surface area contributed by atoms with E-state index in [0.29, 0.717) is 54.7 Å². The van der Waals surface area contributed by atoms with Gasteiger partial charge in [0.1, 0.15) is 47.7 Å². The van der Waals surface area contributed by atoms with Crippen molar-refractivity contribution in [2.75, 3.05) is 33.8 Å². The number of nitrogens with zero attached hydrogens (tertiary/aromatic N) is 8. The standard InChI is InChI=1S/C23H31F2N3O3.C19H24F2N2O.C16H27N3O3.C6H10O7/c1-23(2,3)31-22(29)27(4)14-19-12-21(28(26-19)13-16-7-5-6-8-16)30-15-17-11-18(24)9-10-20(17)25;1-2-5-17-11-19(23(22-17)12-14-6-3-4-7-14)24-13-15-10-16(20)8-9-18(15)21;1-16(2,3)22-15(21)18(4)11-13-9-14(20)19(17-13)10-12-7-5-6-8-12;7-4(8)3-6(11,5(9)10)1-2-13-12/h9-12,16H,5-8,13-15H2,1-4H3;8-11,14H,2-7,12-13H2,1H3;12H,5-11H2,1-4H3;11-12H,1-3H2,(H,7,8)(H,9,10). The largest absolute Gasteiger partial charge is 0.481 e. The van der Waals surface area contributed by atoms with Crippen LogP contribution in [0.3, 0.4) is 0 Å². The van der Waals surface area contributed by atoms with Crippen molar-refractivity contribution in [1.29, 1.82) is 0 Å². The molecule has 4 aromatic rings. The predicted octanol–water partition coefficient (Wildman–Crippen LogP) is 12.0. The lowest BCUT2D eigenvalue weighted by Crippen LogP contribution is -2.41. The Balaban J connectivity index is 0.000000227. The lowest BCUT2D eigenvalue weighted by atomic mass is 9.96. The van der Waals surface area contributed by atoms with Crippen molar-refractivity contribution in [3.8, 4) is 11.8 Å². The Bertz CT molecular complexity index is 3000. The van der Waals surface area contributed by atoms with Gasteiger partial charge in [0.25, 0.3) is 0 Å². The fraction of sp³-hybridized carbons (Fsp3) is 0.625. The minimum absolute atomic E-state index is 0.00547. The molecule has 22 nitrogen and oxygen atoms in total. The summed E-state index contributed by atoms with van der Waals surface area (Å²) in [5.41, 5.74) is -0.776. The Kier molecular flexibility index (Phi) is 28.4. The van der Waals surface area contributed by atoms with Gasteiger partial charge in [0.2, 0.25) is 17.7 Å². The second-order valence-electron chi connectivity index (χ2n) is 25.5. The highest BCUT2D eigenvalue weighted by Crippen LogP contribution is 2.31. The number of benzene rings is 2. The second-order valence-corrected chi connectivity index (χ2v) is 25.5. The number of hydrogen-bond acceptors (Lipinski definition) is 15. The zero-order valence-electron chi connectivity index (χ0n) is 53.5. The van der Waals surface area contributed by atoms with Crippen molar-refractivity contribution < 1.29 is 85.9 Å². The molecule has 0 saturated heterocycles. The summed E-state index contributed by atoms with van der Waals surface area (Å²) >= 11 is 0. The van der Waals surface area contributed by atoms with Gasteiger partial charge in [-0.15, -0.1) is 0 Å². The molecular formula is C64H92F4N8O14. The number of aromatic nitrogens is 4. The Morgan fingerprint density at radius 1 is 0.644 bits per heavy atom. The van der Waals surface area contributed by atoms with Gasteiger partial charge in [0, 0.05) is 63.4 Å². The summed E-state index contributed by atoms with van der Waals surface area (Å²) in [7, 11) is 3.31. The number of carbonyl (C=O) groups excluding carboxylic acids is 3. The Labute approximate surface area is 524 Å². The number of aliphatic carboxylic acids is 2. The molecule has 0 spiro atoms. The van der Waals surface area contributed by atoms with Gasteiger partial charge in [0.15, 0.2) is 5.60 Å². The van der Waals surface area contributed by atoms with Crippen molar-refractivity contribution in [2.24, 2.45) is 22.9 Å². The van der Waals surface area contributed by atoms with E-state index in [9.17, 15) is 46.6 Å². The maximum Gasteiger partial charge on any atom is 0.410 e. The van der Waals surface area contributed by atoms with Crippen LogP contribution < -0.4 is 9.47 Å². The normalized spacial score (nSPS) is 16.0. The van der Waals surface area contributed by atoms with Crippen LogP contribution in [0, 0.1) is 41.0 Å². The number of amides is 3. The van der Waals surface area contributed by atoms with Gasteiger partial charge < -0.3 is 44.1 Å². The minimum Gasteiger partial charge on any atom is -0.481 e. The van der Waals surface area contributed by atoms with Crippen LogP contribution in [0.2, 0.25) is 0 Å². The summed E-state index contributed by atoms with van der Waals surface area (Å²) in [6.45, 7) is 15.3. The molecule has 4 N–H and O–H groups in total. The van der Waals surface area contributed by atoms with E-state index in [1.165, 1.54) is 80.1 Å². The fourth-order valence-electron chi connectivity index (χ4n) is 10.6. The molecule has 4 aliphatic rings. The average molecular weight is 1270 g/mol. The van der Waals surface area contributed by atoms with Gasteiger partial charge in [-0.25, -0.2) is 51.2 Å². The van der Waals surface area contributed by atoms with Crippen LogP contribution >= 0.6 is 0 Å². The van der Waals surface area contributed by atoms with E-state index in [-0.39, 0.29) is 36.8 Å². The molecule has 3 fully saturated rings. The lowest BCUT2D eigenvalue weighted by Gasteiger charge is -2.24. The third kappa shape index (κ3) is 25.2. The van der Waals surface area contributed by atoms with Crippen molar-refractivity contribution in [3.63, 3.8) is 0 Å².